The Morgan fingerprint density at radius 2 is 1.34 bits per heavy atom. The van der Waals surface area contributed by atoms with Gasteiger partial charge in [-0.15, -0.1) is 0 Å². The molecule has 0 saturated heterocycles. The Hall–Kier alpha value is -0.0000000000000000416. The molecule has 9 heteroatoms. The molecule has 0 aliphatic rings. The highest BCUT2D eigenvalue weighted by Crippen LogP contribution is 2.57. The first-order valence-electron chi connectivity index (χ1n) is 10.7. The van der Waals surface area contributed by atoms with E-state index in [0.717, 1.165) is 36.7 Å². The summed E-state index contributed by atoms with van der Waals surface area (Å²) in [6.45, 7) is 10.9. The summed E-state index contributed by atoms with van der Waals surface area (Å²) < 4.78 is 30.2. The van der Waals surface area contributed by atoms with E-state index in [2.05, 4.69) is 36.5 Å². The van der Waals surface area contributed by atoms with E-state index in [1.807, 2.05) is 6.92 Å². The molecule has 0 aromatic heterocycles. The lowest BCUT2D eigenvalue weighted by Gasteiger charge is -2.15. The third-order valence-corrected chi connectivity index (χ3v) is 7.17. The molecule has 3 unspecified atom stereocenters. The largest absolute Gasteiger partial charge is 0.481 e. The van der Waals surface area contributed by atoms with Gasteiger partial charge in [-0.2, -0.15) is 4.31 Å². The zero-order valence-corrected chi connectivity index (χ0v) is 20.5. The molecule has 0 rings (SSSR count). The lowest BCUT2D eigenvalue weighted by Crippen LogP contribution is -2.00. The third-order valence-electron chi connectivity index (χ3n) is 5.02. The summed E-state index contributed by atoms with van der Waals surface area (Å²) in [5.74, 6) is 2.28. The second-order valence-electron chi connectivity index (χ2n) is 8.75. The average molecular weight is 456 g/mol. The molecule has 0 aromatic carbocycles. The third kappa shape index (κ3) is 19.7. The predicted octanol–water partition coefficient (Wildman–Crippen LogP) is 6.60. The fourth-order valence-corrected chi connectivity index (χ4v) is 4.77. The van der Waals surface area contributed by atoms with E-state index in [0.29, 0.717) is 5.92 Å². The van der Waals surface area contributed by atoms with Crippen molar-refractivity contribution in [3.8, 4) is 0 Å². The van der Waals surface area contributed by atoms with Crippen LogP contribution in [-0.4, -0.2) is 21.3 Å². The molecular weight excluding hydrogens is 414 g/mol. The lowest BCUT2D eigenvalue weighted by molar-refractivity contribution is 0.191. The van der Waals surface area contributed by atoms with E-state index < -0.39 is 15.6 Å². The first-order chi connectivity index (χ1) is 13.3. The molecule has 174 valence electrons. The number of hydrogen-bond donors (Lipinski definition) is 3. The number of phosphoric acid groups is 2. The van der Waals surface area contributed by atoms with Crippen LogP contribution in [0.3, 0.4) is 0 Å². The Morgan fingerprint density at radius 1 is 0.862 bits per heavy atom. The van der Waals surface area contributed by atoms with Gasteiger partial charge in [0.25, 0.3) is 0 Å². The van der Waals surface area contributed by atoms with Gasteiger partial charge in [0.05, 0.1) is 6.61 Å². The molecule has 0 spiro atoms. The normalized spacial score (nSPS) is 17.3. The summed E-state index contributed by atoms with van der Waals surface area (Å²) in [5, 5.41) is 0. The fourth-order valence-electron chi connectivity index (χ4n) is 3.24. The maximum atomic E-state index is 11.3. The Labute approximate surface area is 177 Å². The maximum Gasteiger partial charge on any atom is 0.481 e. The second-order valence-corrected chi connectivity index (χ2v) is 11.6. The molecule has 3 N–H and O–H groups in total. The number of phosphoric ester groups is 1. The van der Waals surface area contributed by atoms with Crippen LogP contribution in [0, 0.1) is 17.8 Å². The highest BCUT2D eigenvalue weighted by Gasteiger charge is 2.31. The summed E-state index contributed by atoms with van der Waals surface area (Å²) in [7, 11) is -9.82. The van der Waals surface area contributed by atoms with E-state index in [1.165, 1.54) is 38.5 Å². The fraction of sp³-hybridized carbons (Fsp3) is 0.900. The van der Waals surface area contributed by atoms with Gasteiger partial charge in [0.15, 0.2) is 0 Å². The Morgan fingerprint density at radius 3 is 1.83 bits per heavy atom. The molecule has 0 aromatic rings. The van der Waals surface area contributed by atoms with Gasteiger partial charge < -0.3 is 14.7 Å². The van der Waals surface area contributed by atoms with Gasteiger partial charge in [-0.3, -0.25) is 4.52 Å². The summed E-state index contributed by atoms with van der Waals surface area (Å²) >= 11 is 0. The molecule has 0 radical (unpaired) electrons. The monoisotopic (exact) mass is 456 g/mol. The SMILES string of the molecule is C/C(=C\COP(=O)(O)OP(=O)(O)O)CCCC(C)CCCC(C)CCCC(C)C. The van der Waals surface area contributed by atoms with E-state index in [9.17, 15) is 14.0 Å². The van der Waals surface area contributed by atoms with Crippen LogP contribution in [0.15, 0.2) is 11.6 Å². The molecule has 0 heterocycles. The van der Waals surface area contributed by atoms with Crippen LogP contribution in [0.5, 0.6) is 0 Å². The topological polar surface area (TPSA) is 113 Å². The van der Waals surface area contributed by atoms with Crippen LogP contribution in [0.4, 0.5) is 0 Å². The van der Waals surface area contributed by atoms with Crippen LogP contribution in [-0.2, 0) is 18.0 Å². The zero-order valence-electron chi connectivity index (χ0n) is 18.7. The van der Waals surface area contributed by atoms with Crippen molar-refractivity contribution in [3.05, 3.63) is 11.6 Å². The second kappa shape index (κ2) is 14.9. The minimum atomic E-state index is -5.06. The highest BCUT2D eigenvalue weighted by molar-refractivity contribution is 7.60. The van der Waals surface area contributed by atoms with Gasteiger partial charge in [-0.25, -0.2) is 9.13 Å². The van der Waals surface area contributed by atoms with Crippen molar-refractivity contribution in [3.63, 3.8) is 0 Å². The number of rotatable bonds is 17. The van der Waals surface area contributed by atoms with Crippen molar-refractivity contribution in [2.75, 3.05) is 6.61 Å². The summed E-state index contributed by atoms with van der Waals surface area (Å²) in [6.07, 6.45) is 12.5. The quantitative estimate of drug-likeness (QED) is 0.167. The Bertz CT molecular complexity index is 557. The van der Waals surface area contributed by atoms with Gasteiger partial charge in [-0.1, -0.05) is 84.3 Å². The van der Waals surface area contributed by atoms with Crippen LogP contribution in [0.25, 0.3) is 0 Å². The first kappa shape index (κ1) is 29.0. The van der Waals surface area contributed by atoms with Crippen molar-refractivity contribution in [1.29, 1.82) is 0 Å². The van der Waals surface area contributed by atoms with Crippen molar-refractivity contribution >= 4 is 15.6 Å². The van der Waals surface area contributed by atoms with E-state index >= 15 is 0 Å². The summed E-state index contributed by atoms with van der Waals surface area (Å²) in [5.41, 5.74) is 1.01. The summed E-state index contributed by atoms with van der Waals surface area (Å²) in [4.78, 5) is 26.3. The van der Waals surface area contributed by atoms with E-state index in [1.54, 1.807) is 6.08 Å². The van der Waals surface area contributed by atoms with Crippen molar-refractivity contribution in [2.45, 2.75) is 92.4 Å². The highest BCUT2D eigenvalue weighted by atomic mass is 31.3. The molecular formula is C20H42O7P2. The predicted molar refractivity (Wildman–Crippen MR) is 117 cm³/mol. The van der Waals surface area contributed by atoms with Crippen molar-refractivity contribution in [2.24, 2.45) is 17.8 Å². The summed E-state index contributed by atoms with van der Waals surface area (Å²) in [6, 6.07) is 0. The van der Waals surface area contributed by atoms with Gasteiger partial charge >= 0.3 is 15.6 Å². The smallest absolute Gasteiger partial charge is 0.302 e. The number of hydrogen-bond acceptors (Lipinski definition) is 4. The molecule has 0 bridgehead atoms. The standard InChI is InChI=1S/C20H42O7P2/c1-17(2)9-6-10-18(3)11-7-12-19(4)13-8-14-20(5)15-16-26-29(24,25)27-28(21,22)23/h15,17-19H,6-14,16H2,1-5H3,(H,24,25)(H2,21,22,23)/b20-15+. The van der Waals surface area contributed by atoms with Gasteiger partial charge in [0, 0.05) is 0 Å². The van der Waals surface area contributed by atoms with E-state index in [4.69, 9.17) is 9.79 Å². The van der Waals surface area contributed by atoms with Gasteiger partial charge in [-0.05, 0) is 37.5 Å². The first-order valence-corrected chi connectivity index (χ1v) is 13.7. The van der Waals surface area contributed by atoms with Crippen LogP contribution in [0.1, 0.15) is 92.4 Å². The van der Waals surface area contributed by atoms with Gasteiger partial charge in [0.1, 0.15) is 0 Å². The lowest BCUT2D eigenvalue weighted by atomic mass is 9.91. The molecule has 0 fully saturated rings. The van der Waals surface area contributed by atoms with Crippen LogP contribution >= 0.6 is 15.6 Å². The minimum absolute atomic E-state index is 0.232. The Balaban J connectivity index is 3.89. The average Bonchev–Trinajstić information content (AvgIpc) is 2.51. The molecule has 0 saturated carbocycles. The molecule has 0 amide bonds. The van der Waals surface area contributed by atoms with Crippen LogP contribution in [0.2, 0.25) is 0 Å². The van der Waals surface area contributed by atoms with E-state index in [-0.39, 0.29) is 6.61 Å². The molecule has 7 nitrogen and oxygen atoms in total. The Kier molecular flexibility index (Phi) is 14.9. The van der Waals surface area contributed by atoms with Gasteiger partial charge in [0.2, 0.25) is 0 Å². The van der Waals surface area contributed by atoms with Crippen molar-refractivity contribution in [1.82, 2.24) is 0 Å². The number of allylic oxidation sites excluding steroid dienone is 1. The minimum Gasteiger partial charge on any atom is -0.302 e. The van der Waals surface area contributed by atoms with Crippen molar-refractivity contribution < 1.29 is 32.6 Å². The van der Waals surface area contributed by atoms with Crippen LogP contribution < -0.4 is 0 Å². The molecule has 29 heavy (non-hydrogen) atoms. The zero-order chi connectivity index (χ0) is 22.5. The molecule has 3 atom stereocenters. The maximum absolute atomic E-state index is 11.3. The molecule has 0 aliphatic heterocycles. The molecule has 0 aliphatic carbocycles.